The fourth-order valence-corrected chi connectivity index (χ4v) is 8.58. The van der Waals surface area contributed by atoms with E-state index in [2.05, 4.69) is 127 Å². The van der Waals surface area contributed by atoms with Crippen molar-refractivity contribution in [2.24, 2.45) is 0 Å². The smallest absolute Gasteiger partial charge is 0.160 e. The summed E-state index contributed by atoms with van der Waals surface area (Å²) >= 11 is 0. The number of pyridine rings is 2. The summed E-state index contributed by atoms with van der Waals surface area (Å²) in [6.07, 6.45) is 1.94. The Morgan fingerprint density at radius 2 is 0.961 bits per heavy atom. The molecule has 11 rings (SSSR count). The van der Waals surface area contributed by atoms with Crippen molar-refractivity contribution < 1.29 is 0 Å². The number of hydrogen-bond acceptors (Lipinski definition) is 4. The topological polar surface area (TPSA) is 51.6 Å². The highest BCUT2D eigenvalue weighted by atomic mass is 14.9. The zero-order valence-electron chi connectivity index (χ0n) is 27.5. The molecule has 1 spiro atoms. The van der Waals surface area contributed by atoms with Crippen LogP contribution in [0.3, 0.4) is 0 Å². The molecule has 4 heteroatoms. The Morgan fingerprint density at radius 1 is 0.412 bits per heavy atom. The van der Waals surface area contributed by atoms with E-state index in [0.717, 1.165) is 66.7 Å². The second-order valence-corrected chi connectivity index (χ2v) is 13.4. The molecule has 51 heavy (non-hydrogen) atoms. The van der Waals surface area contributed by atoms with Crippen molar-refractivity contribution in [1.82, 2.24) is 19.9 Å². The molecule has 2 aliphatic rings. The molecule has 4 nitrogen and oxygen atoms in total. The van der Waals surface area contributed by atoms with E-state index in [1.54, 1.807) is 0 Å². The van der Waals surface area contributed by atoms with Gasteiger partial charge in [-0.25, -0.2) is 9.97 Å². The lowest BCUT2D eigenvalue weighted by atomic mass is 9.64. The monoisotopic (exact) mass is 648 g/mol. The van der Waals surface area contributed by atoms with Gasteiger partial charge in [-0.05, 0) is 63.5 Å². The van der Waals surface area contributed by atoms with E-state index in [1.165, 1.54) is 27.8 Å². The maximum Gasteiger partial charge on any atom is 0.160 e. The van der Waals surface area contributed by atoms with Crippen LogP contribution in [0, 0.1) is 0 Å². The Kier molecular flexibility index (Phi) is 5.84. The minimum atomic E-state index is -0.581. The predicted octanol–water partition coefficient (Wildman–Crippen LogP) is 10.9. The summed E-state index contributed by atoms with van der Waals surface area (Å²) in [7, 11) is 0. The van der Waals surface area contributed by atoms with Gasteiger partial charge in [0.15, 0.2) is 5.82 Å². The molecule has 0 fully saturated rings. The summed E-state index contributed by atoms with van der Waals surface area (Å²) in [5.41, 5.74) is 14.6. The van der Waals surface area contributed by atoms with Crippen molar-refractivity contribution in [3.05, 3.63) is 192 Å². The molecule has 9 aromatic rings. The maximum atomic E-state index is 5.65. The van der Waals surface area contributed by atoms with Gasteiger partial charge in [-0.15, -0.1) is 0 Å². The zero-order chi connectivity index (χ0) is 33.5. The van der Waals surface area contributed by atoms with Gasteiger partial charge in [-0.3, -0.25) is 9.97 Å². The molecule has 0 N–H and O–H groups in total. The van der Waals surface area contributed by atoms with Crippen molar-refractivity contribution in [3.8, 4) is 56.3 Å². The third-order valence-corrected chi connectivity index (χ3v) is 10.7. The summed E-state index contributed by atoms with van der Waals surface area (Å²) in [5, 5.41) is 3.27. The Morgan fingerprint density at radius 3 is 1.59 bits per heavy atom. The lowest BCUT2D eigenvalue weighted by Gasteiger charge is -2.38. The van der Waals surface area contributed by atoms with Gasteiger partial charge in [-0.1, -0.05) is 133 Å². The molecule has 0 aliphatic heterocycles. The van der Waals surface area contributed by atoms with Gasteiger partial charge in [-0.2, -0.15) is 0 Å². The van der Waals surface area contributed by atoms with Crippen LogP contribution >= 0.6 is 0 Å². The number of fused-ring (bicyclic) bond motifs is 11. The van der Waals surface area contributed by atoms with Gasteiger partial charge < -0.3 is 0 Å². The lowest BCUT2D eigenvalue weighted by molar-refractivity contribution is 0.744. The van der Waals surface area contributed by atoms with Gasteiger partial charge in [0, 0.05) is 39.2 Å². The van der Waals surface area contributed by atoms with E-state index in [0.29, 0.717) is 5.82 Å². The summed E-state index contributed by atoms with van der Waals surface area (Å²) in [6, 6.07) is 57.8. The first kappa shape index (κ1) is 28.1. The molecule has 3 aromatic heterocycles. The molecule has 0 atom stereocenters. The molecular formula is C47H28N4. The van der Waals surface area contributed by atoms with Crippen molar-refractivity contribution in [3.63, 3.8) is 0 Å². The van der Waals surface area contributed by atoms with Crippen molar-refractivity contribution in [2.45, 2.75) is 5.41 Å². The molecule has 6 aromatic carbocycles. The summed E-state index contributed by atoms with van der Waals surface area (Å²) < 4.78 is 0. The van der Waals surface area contributed by atoms with Crippen LogP contribution in [-0.4, -0.2) is 19.9 Å². The Hall–Kier alpha value is -6.78. The summed E-state index contributed by atoms with van der Waals surface area (Å²) in [6.45, 7) is 0. The standard InChI is InChI=1S/C47H28N4/c1-3-13-29(14-4-1)41-28-42(30-15-5-2-6-16-30)51-46(50-41)31-23-24-40-36(27-31)34-25-26-48-44-35-19-9-12-22-39(35)47(45(49-40)43(34)44)37-20-10-7-17-32(37)33-18-8-11-21-38(33)47/h1-28H. The van der Waals surface area contributed by atoms with Crippen LogP contribution in [0.5, 0.6) is 0 Å². The Labute approximate surface area is 294 Å². The number of hydrogen-bond donors (Lipinski definition) is 0. The molecule has 0 saturated heterocycles. The Bertz CT molecular complexity index is 2760. The third kappa shape index (κ3) is 3.90. The average Bonchev–Trinajstić information content (AvgIpc) is 3.51. The van der Waals surface area contributed by atoms with Crippen molar-refractivity contribution in [2.75, 3.05) is 0 Å². The second kappa shape index (κ2) is 10.6. The van der Waals surface area contributed by atoms with Crippen LogP contribution in [0.4, 0.5) is 0 Å². The third-order valence-electron chi connectivity index (χ3n) is 10.7. The number of rotatable bonds is 3. The fourth-order valence-electron chi connectivity index (χ4n) is 8.58. The second-order valence-electron chi connectivity index (χ2n) is 13.4. The van der Waals surface area contributed by atoms with Crippen LogP contribution in [0.15, 0.2) is 170 Å². The molecule has 0 saturated carbocycles. The zero-order valence-corrected chi connectivity index (χ0v) is 27.5. The van der Waals surface area contributed by atoms with Crippen LogP contribution in [0.2, 0.25) is 0 Å². The van der Waals surface area contributed by atoms with E-state index in [-0.39, 0.29) is 0 Å². The van der Waals surface area contributed by atoms with E-state index < -0.39 is 5.41 Å². The summed E-state index contributed by atoms with van der Waals surface area (Å²) in [5.74, 6) is 0.677. The first-order valence-corrected chi connectivity index (χ1v) is 17.3. The number of nitrogens with zero attached hydrogens (tertiary/aromatic N) is 4. The SMILES string of the molecule is c1ccc(-c2cc(-c3ccccc3)nc(-c3ccc4nc5c6c(nccc6c4c3)-c3ccccc3C53c4ccccc4-c4ccccc43)n2)cc1. The van der Waals surface area contributed by atoms with E-state index in [1.807, 2.05) is 42.6 Å². The average molecular weight is 649 g/mol. The largest absolute Gasteiger partial charge is 0.256 e. The molecule has 3 heterocycles. The van der Waals surface area contributed by atoms with Gasteiger partial charge in [0.1, 0.15) is 0 Å². The first-order chi connectivity index (χ1) is 25.3. The van der Waals surface area contributed by atoms with E-state index in [9.17, 15) is 0 Å². The van der Waals surface area contributed by atoms with Crippen molar-refractivity contribution in [1.29, 1.82) is 0 Å². The van der Waals surface area contributed by atoms with Crippen LogP contribution in [-0.2, 0) is 5.41 Å². The van der Waals surface area contributed by atoms with Gasteiger partial charge >= 0.3 is 0 Å². The van der Waals surface area contributed by atoms with Crippen LogP contribution in [0.1, 0.15) is 22.4 Å². The van der Waals surface area contributed by atoms with Crippen molar-refractivity contribution >= 4 is 21.7 Å². The maximum absolute atomic E-state index is 5.65. The van der Waals surface area contributed by atoms with Gasteiger partial charge in [0.05, 0.1) is 33.7 Å². The number of benzene rings is 6. The lowest BCUT2D eigenvalue weighted by Crippen LogP contribution is -2.33. The number of aromatic nitrogens is 4. The quantitative estimate of drug-likeness (QED) is 0.179. The summed E-state index contributed by atoms with van der Waals surface area (Å²) in [4.78, 5) is 21.0. The van der Waals surface area contributed by atoms with E-state index in [4.69, 9.17) is 19.9 Å². The van der Waals surface area contributed by atoms with E-state index >= 15 is 0 Å². The van der Waals surface area contributed by atoms with Crippen LogP contribution in [0.25, 0.3) is 78.0 Å². The molecule has 0 bridgehead atoms. The highest BCUT2D eigenvalue weighted by molar-refractivity contribution is 6.15. The Balaban J connectivity index is 1.21. The molecule has 0 radical (unpaired) electrons. The normalized spacial score (nSPS) is 13.3. The highest BCUT2D eigenvalue weighted by Gasteiger charge is 2.51. The van der Waals surface area contributed by atoms with Crippen LogP contribution < -0.4 is 0 Å². The fraction of sp³-hybridized carbons (Fsp3) is 0.0213. The van der Waals surface area contributed by atoms with Gasteiger partial charge in [0.25, 0.3) is 0 Å². The predicted molar refractivity (Wildman–Crippen MR) is 205 cm³/mol. The molecule has 0 unspecified atom stereocenters. The highest BCUT2D eigenvalue weighted by Crippen LogP contribution is 2.61. The molecule has 2 aliphatic carbocycles. The molecule has 0 amide bonds. The van der Waals surface area contributed by atoms with Gasteiger partial charge in [0.2, 0.25) is 0 Å². The minimum absolute atomic E-state index is 0.581. The minimum Gasteiger partial charge on any atom is -0.256 e. The molecule has 236 valence electrons. The molecular weight excluding hydrogens is 621 g/mol. The first-order valence-electron chi connectivity index (χ1n) is 17.3.